The summed E-state index contributed by atoms with van der Waals surface area (Å²) in [5.41, 5.74) is 3.64. The molecule has 1 aliphatic carbocycles. The highest BCUT2D eigenvalue weighted by atomic mass is 16.3. The molecule has 25 heavy (non-hydrogen) atoms. The number of aryl methyl sites for hydroxylation is 1. The van der Waals surface area contributed by atoms with E-state index in [2.05, 4.69) is 61.5 Å². The molecule has 0 saturated heterocycles. The predicted molar refractivity (Wildman–Crippen MR) is 106 cm³/mol. The van der Waals surface area contributed by atoms with Crippen LogP contribution in [0.2, 0.25) is 0 Å². The average molecular weight is 347 g/mol. The third kappa shape index (κ3) is 4.58. The molecule has 0 bridgehead atoms. The summed E-state index contributed by atoms with van der Waals surface area (Å²) >= 11 is 0. The second kappa shape index (κ2) is 6.95. The number of phenolic OH excluding ortho intramolecular Hbond substituents is 1. The molecule has 0 amide bonds. The third-order valence-electron chi connectivity index (χ3n) is 6.30. The molecule has 0 aromatic heterocycles. The molecule has 0 spiro atoms. The fourth-order valence-corrected chi connectivity index (χ4v) is 4.51. The molecular formula is C23H38O2. The van der Waals surface area contributed by atoms with Gasteiger partial charge in [0.2, 0.25) is 0 Å². The highest BCUT2D eigenvalue weighted by Crippen LogP contribution is 2.44. The number of aliphatic hydroxyl groups is 1. The third-order valence-corrected chi connectivity index (χ3v) is 6.30. The van der Waals surface area contributed by atoms with Gasteiger partial charge in [0, 0.05) is 0 Å². The SMILES string of the molecule is Cc1cc(O)c(C(C)(C)C)cc1CC1CC(C(C)(C)C)C(O)CC1C. The minimum atomic E-state index is -0.183. The van der Waals surface area contributed by atoms with E-state index < -0.39 is 0 Å². The Balaban J connectivity index is 2.29. The molecule has 1 aliphatic rings. The summed E-state index contributed by atoms with van der Waals surface area (Å²) in [4.78, 5) is 0. The first-order chi connectivity index (χ1) is 11.3. The summed E-state index contributed by atoms with van der Waals surface area (Å²) in [7, 11) is 0. The van der Waals surface area contributed by atoms with Crippen LogP contribution >= 0.6 is 0 Å². The normalized spacial score (nSPS) is 28.2. The zero-order valence-corrected chi connectivity index (χ0v) is 17.5. The Bertz CT molecular complexity index is 604. The van der Waals surface area contributed by atoms with Gasteiger partial charge in [0.05, 0.1) is 6.10 Å². The van der Waals surface area contributed by atoms with Crippen molar-refractivity contribution in [3.63, 3.8) is 0 Å². The van der Waals surface area contributed by atoms with Crippen molar-refractivity contribution >= 4 is 0 Å². The lowest BCUT2D eigenvalue weighted by Gasteiger charge is -2.44. The smallest absolute Gasteiger partial charge is 0.119 e. The van der Waals surface area contributed by atoms with E-state index in [1.54, 1.807) is 0 Å². The predicted octanol–water partition coefficient (Wildman–Crippen LogP) is 5.61. The molecule has 2 N–H and O–H groups in total. The van der Waals surface area contributed by atoms with E-state index in [1.165, 1.54) is 11.1 Å². The zero-order valence-electron chi connectivity index (χ0n) is 17.5. The van der Waals surface area contributed by atoms with Gasteiger partial charge in [0.15, 0.2) is 0 Å². The van der Waals surface area contributed by atoms with Crippen LogP contribution in [0.25, 0.3) is 0 Å². The Kier molecular flexibility index (Phi) is 5.64. The molecule has 2 heteroatoms. The summed E-state index contributed by atoms with van der Waals surface area (Å²) in [5.74, 6) is 1.88. The van der Waals surface area contributed by atoms with Crippen molar-refractivity contribution in [3.8, 4) is 5.75 Å². The van der Waals surface area contributed by atoms with Crippen molar-refractivity contribution in [1.82, 2.24) is 0 Å². The Labute approximate surface area is 154 Å². The lowest BCUT2D eigenvalue weighted by molar-refractivity contribution is -0.0295. The highest BCUT2D eigenvalue weighted by Gasteiger charge is 2.40. The Morgan fingerprint density at radius 2 is 1.64 bits per heavy atom. The number of aliphatic hydroxyl groups excluding tert-OH is 1. The van der Waals surface area contributed by atoms with E-state index in [0.29, 0.717) is 23.5 Å². The second-order valence-corrected chi connectivity index (χ2v) is 10.5. The van der Waals surface area contributed by atoms with Gasteiger partial charge in [-0.15, -0.1) is 0 Å². The van der Waals surface area contributed by atoms with Gasteiger partial charge < -0.3 is 10.2 Å². The first kappa shape index (κ1) is 20.3. The topological polar surface area (TPSA) is 40.5 Å². The monoisotopic (exact) mass is 346 g/mol. The Morgan fingerprint density at radius 1 is 1.04 bits per heavy atom. The lowest BCUT2D eigenvalue weighted by atomic mass is 9.63. The molecule has 142 valence electrons. The maximum absolute atomic E-state index is 10.6. The Hall–Kier alpha value is -1.02. The number of rotatable bonds is 2. The molecule has 0 heterocycles. The molecule has 0 radical (unpaired) electrons. The van der Waals surface area contributed by atoms with Crippen LogP contribution in [0.15, 0.2) is 12.1 Å². The van der Waals surface area contributed by atoms with E-state index >= 15 is 0 Å². The first-order valence-corrected chi connectivity index (χ1v) is 9.81. The van der Waals surface area contributed by atoms with Gasteiger partial charge in [-0.05, 0) is 77.5 Å². The van der Waals surface area contributed by atoms with Crippen LogP contribution in [0.5, 0.6) is 5.75 Å². The summed E-state index contributed by atoms with van der Waals surface area (Å²) in [5, 5.41) is 20.9. The quantitative estimate of drug-likeness (QED) is 0.730. The standard InChI is InChI=1S/C23H38O2/c1-14-9-20(24)18(22(3,4)5)12-16(14)11-17-13-19(23(6,7)8)21(25)10-15(17)2/h9,12,15,17,19,21,24-25H,10-11,13H2,1-8H3. The van der Waals surface area contributed by atoms with Crippen LogP contribution in [-0.2, 0) is 11.8 Å². The van der Waals surface area contributed by atoms with Crippen molar-refractivity contribution in [2.45, 2.75) is 86.2 Å². The van der Waals surface area contributed by atoms with Crippen molar-refractivity contribution in [2.24, 2.45) is 23.2 Å². The van der Waals surface area contributed by atoms with Crippen LogP contribution in [0.1, 0.15) is 78.0 Å². The number of aromatic hydroxyl groups is 1. The molecule has 1 saturated carbocycles. The average Bonchev–Trinajstić information content (AvgIpc) is 2.41. The molecular weight excluding hydrogens is 308 g/mol. The zero-order chi connectivity index (χ0) is 19.2. The second-order valence-electron chi connectivity index (χ2n) is 10.5. The van der Waals surface area contributed by atoms with Crippen molar-refractivity contribution in [1.29, 1.82) is 0 Å². The molecule has 4 unspecified atom stereocenters. The number of phenols is 1. The number of hydrogen-bond acceptors (Lipinski definition) is 2. The molecule has 0 aliphatic heterocycles. The van der Waals surface area contributed by atoms with Gasteiger partial charge >= 0.3 is 0 Å². The van der Waals surface area contributed by atoms with Gasteiger partial charge in [-0.1, -0.05) is 54.5 Å². The van der Waals surface area contributed by atoms with E-state index in [-0.39, 0.29) is 16.9 Å². The summed E-state index contributed by atoms with van der Waals surface area (Å²) in [6, 6.07) is 4.15. The van der Waals surface area contributed by atoms with Gasteiger partial charge in [-0.2, -0.15) is 0 Å². The summed E-state index contributed by atoms with van der Waals surface area (Å²) in [6.07, 6.45) is 2.83. The van der Waals surface area contributed by atoms with Gasteiger partial charge in [0.25, 0.3) is 0 Å². The van der Waals surface area contributed by atoms with E-state index in [4.69, 9.17) is 0 Å². The minimum absolute atomic E-state index is 0.0607. The highest BCUT2D eigenvalue weighted by molar-refractivity contribution is 5.45. The fourth-order valence-electron chi connectivity index (χ4n) is 4.51. The van der Waals surface area contributed by atoms with E-state index in [9.17, 15) is 10.2 Å². The van der Waals surface area contributed by atoms with E-state index in [0.717, 1.165) is 24.8 Å². The number of benzene rings is 1. The van der Waals surface area contributed by atoms with Gasteiger partial charge in [-0.25, -0.2) is 0 Å². The van der Waals surface area contributed by atoms with Crippen molar-refractivity contribution in [3.05, 3.63) is 28.8 Å². The van der Waals surface area contributed by atoms with Gasteiger partial charge in [-0.3, -0.25) is 0 Å². The molecule has 1 aromatic carbocycles. The first-order valence-electron chi connectivity index (χ1n) is 9.81. The van der Waals surface area contributed by atoms with Crippen LogP contribution in [0.3, 0.4) is 0 Å². The Morgan fingerprint density at radius 3 is 2.16 bits per heavy atom. The summed E-state index contributed by atoms with van der Waals surface area (Å²) in [6.45, 7) is 17.6. The molecule has 4 atom stereocenters. The maximum Gasteiger partial charge on any atom is 0.119 e. The van der Waals surface area contributed by atoms with Crippen LogP contribution in [-0.4, -0.2) is 16.3 Å². The largest absolute Gasteiger partial charge is 0.508 e. The van der Waals surface area contributed by atoms with Crippen LogP contribution in [0.4, 0.5) is 0 Å². The van der Waals surface area contributed by atoms with Crippen molar-refractivity contribution in [2.75, 3.05) is 0 Å². The molecule has 2 rings (SSSR count). The van der Waals surface area contributed by atoms with Crippen LogP contribution < -0.4 is 0 Å². The maximum atomic E-state index is 10.6. The van der Waals surface area contributed by atoms with E-state index in [1.807, 2.05) is 6.07 Å². The lowest BCUT2D eigenvalue weighted by Crippen LogP contribution is -2.41. The molecule has 1 fully saturated rings. The molecule has 1 aromatic rings. The van der Waals surface area contributed by atoms with Crippen molar-refractivity contribution < 1.29 is 10.2 Å². The minimum Gasteiger partial charge on any atom is -0.508 e. The summed E-state index contributed by atoms with van der Waals surface area (Å²) < 4.78 is 0. The molecule has 2 nitrogen and oxygen atoms in total. The van der Waals surface area contributed by atoms with Crippen LogP contribution in [0, 0.1) is 30.1 Å². The number of hydrogen-bond donors (Lipinski definition) is 2. The fraction of sp³-hybridized carbons (Fsp3) is 0.739. The van der Waals surface area contributed by atoms with Gasteiger partial charge in [0.1, 0.15) is 5.75 Å².